The van der Waals surface area contributed by atoms with E-state index in [0.29, 0.717) is 11.3 Å². The Morgan fingerprint density at radius 2 is 2.17 bits per heavy atom. The van der Waals surface area contributed by atoms with Crippen LogP contribution in [0.1, 0.15) is 16.1 Å². The molecular weight excluding hydrogens is 241 g/mol. The first-order valence-corrected chi connectivity index (χ1v) is 5.07. The molecule has 2 rings (SSSR count). The Labute approximate surface area is 102 Å². The minimum Gasteiger partial charge on any atom is -0.496 e. The number of methoxy groups -OCH3 is 1. The minimum absolute atomic E-state index is 0.0654. The van der Waals surface area contributed by atoms with Crippen LogP contribution in [0.5, 0.6) is 5.75 Å². The van der Waals surface area contributed by atoms with Gasteiger partial charge in [-0.25, -0.2) is 9.18 Å². The molecule has 0 saturated carbocycles. The summed E-state index contributed by atoms with van der Waals surface area (Å²) in [6.07, 6.45) is 0. The van der Waals surface area contributed by atoms with E-state index in [4.69, 9.17) is 14.4 Å². The molecule has 1 aromatic carbocycles. The molecule has 0 fully saturated rings. The maximum atomic E-state index is 13.8. The third-order valence-electron chi connectivity index (χ3n) is 2.48. The molecule has 0 bridgehead atoms. The van der Waals surface area contributed by atoms with Gasteiger partial charge in [0.25, 0.3) is 0 Å². The molecule has 0 saturated heterocycles. The monoisotopic (exact) mass is 251 g/mol. The van der Waals surface area contributed by atoms with Gasteiger partial charge >= 0.3 is 5.97 Å². The number of aromatic nitrogens is 1. The SMILES string of the molecule is COc1cc(F)c(-c2cc(C(=O)O)no2)cc1C. The van der Waals surface area contributed by atoms with Crippen LogP contribution in [0.2, 0.25) is 0 Å². The Morgan fingerprint density at radius 3 is 2.72 bits per heavy atom. The van der Waals surface area contributed by atoms with Gasteiger partial charge in [-0.05, 0) is 18.6 Å². The number of halogens is 1. The zero-order valence-electron chi connectivity index (χ0n) is 9.73. The molecule has 0 atom stereocenters. The number of aryl methyl sites for hydroxylation is 1. The maximum Gasteiger partial charge on any atom is 0.358 e. The summed E-state index contributed by atoms with van der Waals surface area (Å²) < 4.78 is 23.6. The lowest BCUT2D eigenvalue weighted by atomic mass is 10.1. The van der Waals surface area contributed by atoms with Gasteiger partial charge in [-0.15, -0.1) is 0 Å². The smallest absolute Gasteiger partial charge is 0.358 e. The molecule has 0 aliphatic rings. The summed E-state index contributed by atoms with van der Waals surface area (Å²) in [5, 5.41) is 12.0. The number of hydrogen-bond donors (Lipinski definition) is 1. The van der Waals surface area contributed by atoms with Gasteiger partial charge in [-0.1, -0.05) is 5.16 Å². The van der Waals surface area contributed by atoms with Crippen LogP contribution in [-0.4, -0.2) is 23.3 Å². The molecule has 18 heavy (non-hydrogen) atoms. The van der Waals surface area contributed by atoms with Crippen LogP contribution < -0.4 is 4.74 Å². The fourth-order valence-corrected chi connectivity index (χ4v) is 1.57. The summed E-state index contributed by atoms with van der Waals surface area (Å²) in [7, 11) is 1.44. The maximum absolute atomic E-state index is 13.8. The number of rotatable bonds is 3. The van der Waals surface area contributed by atoms with Crippen LogP contribution in [-0.2, 0) is 0 Å². The van der Waals surface area contributed by atoms with Crippen molar-refractivity contribution in [2.24, 2.45) is 0 Å². The Balaban J connectivity index is 2.50. The van der Waals surface area contributed by atoms with Crippen molar-refractivity contribution in [1.82, 2.24) is 5.16 Å². The van der Waals surface area contributed by atoms with Gasteiger partial charge in [-0.3, -0.25) is 0 Å². The van der Waals surface area contributed by atoms with Crippen LogP contribution in [0.3, 0.4) is 0 Å². The number of nitrogens with zero attached hydrogens (tertiary/aromatic N) is 1. The van der Waals surface area contributed by atoms with E-state index in [2.05, 4.69) is 5.16 Å². The van der Waals surface area contributed by atoms with Gasteiger partial charge < -0.3 is 14.4 Å². The van der Waals surface area contributed by atoms with Crippen LogP contribution in [0.4, 0.5) is 4.39 Å². The van der Waals surface area contributed by atoms with Gasteiger partial charge in [0.15, 0.2) is 11.5 Å². The van der Waals surface area contributed by atoms with Gasteiger partial charge in [-0.2, -0.15) is 0 Å². The van der Waals surface area contributed by atoms with E-state index >= 15 is 0 Å². The zero-order chi connectivity index (χ0) is 13.3. The summed E-state index contributed by atoms with van der Waals surface area (Å²) in [4.78, 5) is 10.7. The molecule has 2 aromatic rings. The van der Waals surface area contributed by atoms with Crippen LogP contribution in [0.15, 0.2) is 22.7 Å². The van der Waals surface area contributed by atoms with Crippen molar-refractivity contribution in [1.29, 1.82) is 0 Å². The van der Waals surface area contributed by atoms with E-state index in [0.717, 1.165) is 0 Å². The Bertz CT molecular complexity index is 606. The lowest BCUT2D eigenvalue weighted by Gasteiger charge is -2.06. The number of carbonyl (C=O) groups is 1. The second-order valence-corrected chi connectivity index (χ2v) is 3.68. The predicted octanol–water partition coefficient (Wildman–Crippen LogP) is 2.50. The van der Waals surface area contributed by atoms with Crippen LogP contribution in [0.25, 0.3) is 11.3 Å². The fourth-order valence-electron chi connectivity index (χ4n) is 1.57. The highest BCUT2D eigenvalue weighted by molar-refractivity contribution is 5.86. The summed E-state index contributed by atoms with van der Waals surface area (Å²) >= 11 is 0. The van der Waals surface area contributed by atoms with Gasteiger partial charge in [0.2, 0.25) is 0 Å². The van der Waals surface area contributed by atoms with Crippen molar-refractivity contribution in [3.8, 4) is 17.1 Å². The highest BCUT2D eigenvalue weighted by Gasteiger charge is 2.16. The summed E-state index contributed by atoms with van der Waals surface area (Å²) in [5.74, 6) is -1.31. The van der Waals surface area contributed by atoms with Crippen molar-refractivity contribution in [3.63, 3.8) is 0 Å². The largest absolute Gasteiger partial charge is 0.496 e. The first-order valence-electron chi connectivity index (χ1n) is 5.07. The normalized spacial score (nSPS) is 10.4. The lowest BCUT2D eigenvalue weighted by molar-refractivity contribution is 0.0686. The summed E-state index contributed by atoms with van der Waals surface area (Å²) in [6, 6.07) is 3.90. The molecule has 0 aliphatic carbocycles. The van der Waals surface area contributed by atoms with Gasteiger partial charge in [0.05, 0.1) is 12.7 Å². The minimum atomic E-state index is -1.23. The average Bonchev–Trinajstić information content (AvgIpc) is 2.81. The van der Waals surface area contributed by atoms with E-state index < -0.39 is 11.8 Å². The first kappa shape index (κ1) is 12.1. The Kier molecular flexibility index (Phi) is 3.01. The van der Waals surface area contributed by atoms with Crippen molar-refractivity contribution in [2.75, 3.05) is 7.11 Å². The summed E-state index contributed by atoms with van der Waals surface area (Å²) in [6.45, 7) is 1.75. The highest BCUT2D eigenvalue weighted by Crippen LogP contribution is 2.29. The molecule has 0 radical (unpaired) electrons. The predicted molar refractivity (Wildman–Crippen MR) is 60.1 cm³/mol. The van der Waals surface area contributed by atoms with Crippen LogP contribution >= 0.6 is 0 Å². The van der Waals surface area contributed by atoms with Crippen molar-refractivity contribution < 1.29 is 23.6 Å². The lowest BCUT2D eigenvalue weighted by Crippen LogP contribution is -1.94. The zero-order valence-corrected chi connectivity index (χ0v) is 9.73. The molecule has 1 N–H and O–H groups in total. The highest BCUT2D eigenvalue weighted by atomic mass is 19.1. The van der Waals surface area contributed by atoms with Crippen molar-refractivity contribution >= 4 is 5.97 Å². The summed E-state index contributed by atoms with van der Waals surface area (Å²) in [5.41, 5.74) is 0.591. The molecule has 0 unspecified atom stereocenters. The number of aromatic carboxylic acids is 1. The number of benzene rings is 1. The Morgan fingerprint density at radius 1 is 1.44 bits per heavy atom. The van der Waals surface area contributed by atoms with E-state index in [9.17, 15) is 9.18 Å². The molecule has 0 amide bonds. The van der Waals surface area contributed by atoms with Crippen molar-refractivity contribution in [2.45, 2.75) is 6.92 Å². The number of carboxylic acids is 1. The number of carboxylic acid groups (broad SMARTS) is 1. The van der Waals surface area contributed by atoms with E-state index in [1.54, 1.807) is 6.92 Å². The fraction of sp³-hybridized carbons (Fsp3) is 0.167. The molecule has 6 heteroatoms. The molecular formula is C12H10FNO4. The second kappa shape index (κ2) is 4.48. The molecule has 1 aromatic heterocycles. The third kappa shape index (κ3) is 2.04. The molecule has 0 aliphatic heterocycles. The van der Waals surface area contributed by atoms with E-state index in [1.165, 1.54) is 25.3 Å². The molecule has 94 valence electrons. The topological polar surface area (TPSA) is 72.6 Å². The second-order valence-electron chi connectivity index (χ2n) is 3.68. The van der Waals surface area contributed by atoms with E-state index in [-0.39, 0.29) is 17.0 Å². The van der Waals surface area contributed by atoms with Gasteiger partial charge in [0, 0.05) is 12.1 Å². The average molecular weight is 251 g/mol. The van der Waals surface area contributed by atoms with E-state index in [1.807, 2.05) is 0 Å². The first-order chi connectivity index (χ1) is 8.52. The third-order valence-corrected chi connectivity index (χ3v) is 2.48. The number of hydrogen-bond acceptors (Lipinski definition) is 4. The quantitative estimate of drug-likeness (QED) is 0.907. The van der Waals surface area contributed by atoms with Crippen LogP contribution in [0, 0.1) is 12.7 Å². The number of ether oxygens (including phenoxy) is 1. The Hall–Kier alpha value is -2.37. The molecule has 0 spiro atoms. The molecule has 1 heterocycles. The van der Waals surface area contributed by atoms with Crippen molar-refractivity contribution in [3.05, 3.63) is 35.3 Å². The van der Waals surface area contributed by atoms with Gasteiger partial charge in [0.1, 0.15) is 11.6 Å². The standard InChI is InChI=1S/C12H10FNO4/c1-6-3-7(8(13)4-10(6)17-2)11-5-9(12(15)16)14-18-11/h3-5H,1-2H3,(H,15,16). The molecule has 5 nitrogen and oxygen atoms in total.